The lowest BCUT2D eigenvalue weighted by atomic mass is 9.77. The Morgan fingerprint density at radius 2 is 2.00 bits per heavy atom. The highest BCUT2D eigenvalue weighted by atomic mass is 15.0. The molecule has 0 aliphatic heterocycles. The number of hydrogen-bond acceptors (Lipinski definition) is 3. The number of nitrogens with two attached hydrogens (primary N) is 1. The summed E-state index contributed by atoms with van der Waals surface area (Å²) in [5.74, 6) is 1.68. The second-order valence-electron chi connectivity index (χ2n) is 5.26. The lowest BCUT2D eigenvalue weighted by Crippen LogP contribution is -2.44. The van der Waals surface area contributed by atoms with E-state index in [-0.39, 0.29) is 5.54 Å². The topological polar surface area (TPSA) is 83.4 Å². The third kappa shape index (κ3) is 1.58. The van der Waals surface area contributed by atoms with Crippen LogP contribution in [0.15, 0.2) is 30.5 Å². The summed E-state index contributed by atoms with van der Waals surface area (Å²) in [6.45, 7) is 0. The molecule has 5 heteroatoms. The van der Waals surface area contributed by atoms with Crippen molar-refractivity contribution in [2.75, 3.05) is 0 Å². The van der Waals surface area contributed by atoms with Gasteiger partial charge in [-0.3, -0.25) is 0 Å². The van der Waals surface area contributed by atoms with Gasteiger partial charge in [-0.25, -0.2) is 9.97 Å². The molecular formula is C14H15N5. The highest BCUT2D eigenvalue weighted by Gasteiger charge is 2.37. The minimum Gasteiger partial charge on any atom is -0.338 e. The van der Waals surface area contributed by atoms with Crippen molar-refractivity contribution in [1.82, 2.24) is 19.9 Å². The fourth-order valence-electron chi connectivity index (χ4n) is 2.57. The molecule has 0 unspecified atom stereocenters. The van der Waals surface area contributed by atoms with Gasteiger partial charge in [-0.1, -0.05) is 12.1 Å². The first-order valence-corrected chi connectivity index (χ1v) is 6.54. The largest absolute Gasteiger partial charge is 0.338 e. The van der Waals surface area contributed by atoms with E-state index < -0.39 is 0 Å². The molecule has 1 saturated carbocycles. The molecule has 0 amide bonds. The highest BCUT2D eigenvalue weighted by Crippen LogP contribution is 2.37. The van der Waals surface area contributed by atoms with E-state index in [0.717, 1.165) is 41.2 Å². The van der Waals surface area contributed by atoms with E-state index in [1.807, 2.05) is 24.3 Å². The van der Waals surface area contributed by atoms with E-state index in [1.54, 1.807) is 6.20 Å². The maximum Gasteiger partial charge on any atom is 0.156 e. The maximum atomic E-state index is 6.27. The van der Waals surface area contributed by atoms with Crippen LogP contribution in [0.3, 0.4) is 0 Å². The summed E-state index contributed by atoms with van der Waals surface area (Å²) in [7, 11) is 0. The van der Waals surface area contributed by atoms with Gasteiger partial charge in [0.05, 0.1) is 22.8 Å². The van der Waals surface area contributed by atoms with Crippen molar-refractivity contribution < 1.29 is 0 Å². The van der Waals surface area contributed by atoms with E-state index in [1.165, 1.54) is 6.42 Å². The molecule has 96 valence electrons. The molecule has 1 aliphatic carbocycles. The predicted octanol–water partition coefficient (Wildman–Crippen LogP) is 2.29. The Morgan fingerprint density at radius 1 is 1.16 bits per heavy atom. The summed E-state index contributed by atoms with van der Waals surface area (Å²) in [6.07, 6.45) is 4.98. The van der Waals surface area contributed by atoms with Crippen LogP contribution in [0.5, 0.6) is 0 Å². The smallest absolute Gasteiger partial charge is 0.156 e. The van der Waals surface area contributed by atoms with Crippen LogP contribution in [0.4, 0.5) is 0 Å². The fourth-order valence-corrected chi connectivity index (χ4v) is 2.57. The monoisotopic (exact) mass is 253 g/mol. The third-order valence-corrected chi connectivity index (χ3v) is 3.94. The van der Waals surface area contributed by atoms with Crippen LogP contribution in [0, 0.1) is 0 Å². The number of H-pyrrole nitrogens is 2. The van der Waals surface area contributed by atoms with Crippen LogP contribution in [0.2, 0.25) is 0 Å². The zero-order valence-electron chi connectivity index (χ0n) is 10.5. The number of rotatable bonds is 2. The number of aromatic amines is 2. The van der Waals surface area contributed by atoms with Gasteiger partial charge in [0.25, 0.3) is 0 Å². The molecule has 3 aromatic rings. The van der Waals surface area contributed by atoms with Gasteiger partial charge in [0.15, 0.2) is 5.82 Å². The van der Waals surface area contributed by atoms with Crippen LogP contribution in [0.1, 0.15) is 25.1 Å². The zero-order valence-corrected chi connectivity index (χ0v) is 10.5. The SMILES string of the molecule is NC1(c2ncc(-c3nc4ccccc4[nH]3)[nH]2)CCC1. The number of fused-ring (bicyclic) bond motifs is 1. The van der Waals surface area contributed by atoms with Crippen LogP contribution in [-0.4, -0.2) is 19.9 Å². The van der Waals surface area contributed by atoms with E-state index in [4.69, 9.17) is 5.73 Å². The van der Waals surface area contributed by atoms with Crippen molar-refractivity contribution in [1.29, 1.82) is 0 Å². The summed E-state index contributed by atoms with van der Waals surface area (Å²) in [5.41, 5.74) is 8.88. The molecule has 4 N–H and O–H groups in total. The van der Waals surface area contributed by atoms with Gasteiger partial charge in [0.2, 0.25) is 0 Å². The summed E-state index contributed by atoms with van der Waals surface area (Å²) < 4.78 is 0. The van der Waals surface area contributed by atoms with Crippen LogP contribution < -0.4 is 5.73 Å². The Morgan fingerprint density at radius 3 is 2.74 bits per heavy atom. The number of hydrogen-bond donors (Lipinski definition) is 3. The van der Waals surface area contributed by atoms with Crippen molar-refractivity contribution in [3.8, 4) is 11.5 Å². The average molecular weight is 253 g/mol. The molecule has 5 nitrogen and oxygen atoms in total. The molecule has 19 heavy (non-hydrogen) atoms. The molecule has 1 aromatic carbocycles. The molecule has 2 aromatic heterocycles. The van der Waals surface area contributed by atoms with Crippen molar-refractivity contribution in [2.45, 2.75) is 24.8 Å². The summed E-state index contributed by atoms with van der Waals surface area (Å²) in [5, 5.41) is 0. The molecule has 0 spiro atoms. The summed E-state index contributed by atoms with van der Waals surface area (Å²) in [6, 6.07) is 7.98. The van der Waals surface area contributed by atoms with Gasteiger partial charge in [-0.05, 0) is 31.4 Å². The number of nitrogens with zero attached hydrogens (tertiary/aromatic N) is 2. The molecule has 4 rings (SSSR count). The molecule has 0 saturated heterocycles. The molecule has 0 bridgehead atoms. The Kier molecular flexibility index (Phi) is 2.08. The Balaban J connectivity index is 1.75. The summed E-state index contributed by atoms with van der Waals surface area (Å²) in [4.78, 5) is 15.6. The summed E-state index contributed by atoms with van der Waals surface area (Å²) >= 11 is 0. The maximum absolute atomic E-state index is 6.27. The van der Waals surface area contributed by atoms with Crippen molar-refractivity contribution >= 4 is 11.0 Å². The highest BCUT2D eigenvalue weighted by molar-refractivity contribution is 5.78. The van der Waals surface area contributed by atoms with Gasteiger partial charge >= 0.3 is 0 Å². The number of imidazole rings is 2. The second-order valence-corrected chi connectivity index (χ2v) is 5.26. The lowest BCUT2D eigenvalue weighted by molar-refractivity contribution is 0.240. The predicted molar refractivity (Wildman–Crippen MR) is 73.4 cm³/mol. The normalized spacial score (nSPS) is 17.5. The van der Waals surface area contributed by atoms with E-state index >= 15 is 0 Å². The number of nitrogens with one attached hydrogen (secondary N) is 2. The lowest BCUT2D eigenvalue weighted by Gasteiger charge is -2.35. The van der Waals surface area contributed by atoms with Crippen molar-refractivity contribution in [3.63, 3.8) is 0 Å². The van der Waals surface area contributed by atoms with Gasteiger partial charge in [-0.15, -0.1) is 0 Å². The molecule has 0 radical (unpaired) electrons. The van der Waals surface area contributed by atoms with E-state index in [2.05, 4.69) is 19.9 Å². The zero-order chi connectivity index (χ0) is 12.9. The first-order valence-electron chi connectivity index (χ1n) is 6.54. The first-order chi connectivity index (χ1) is 9.24. The average Bonchev–Trinajstić information content (AvgIpc) is 3.02. The van der Waals surface area contributed by atoms with E-state index in [0.29, 0.717) is 0 Å². The minimum atomic E-state index is -0.260. The van der Waals surface area contributed by atoms with Crippen LogP contribution >= 0.6 is 0 Å². The van der Waals surface area contributed by atoms with Gasteiger partial charge in [0, 0.05) is 0 Å². The van der Waals surface area contributed by atoms with Crippen LogP contribution in [-0.2, 0) is 5.54 Å². The van der Waals surface area contributed by atoms with Crippen molar-refractivity contribution in [3.05, 3.63) is 36.3 Å². The molecule has 0 atom stereocenters. The number of aromatic nitrogens is 4. The van der Waals surface area contributed by atoms with Crippen LogP contribution in [0.25, 0.3) is 22.6 Å². The van der Waals surface area contributed by atoms with Crippen molar-refractivity contribution in [2.24, 2.45) is 5.73 Å². The first kappa shape index (κ1) is 10.8. The van der Waals surface area contributed by atoms with E-state index in [9.17, 15) is 0 Å². The number of benzene rings is 1. The molecule has 1 aliphatic rings. The number of para-hydroxylation sites is 2. The Labute approximate surface area is 110 Å². The molecule has 1 fully saturated rings. The van der Waals surface area contributed by atoms with Gasteiger partial charge < -0.3 is 15.7 Å². The quantitative estimate of drug-likeness (QED) is 0.655. The minimum absolute atomic E-state index is 0.260. The third-order valence-electron chi connectivity index (χ3n) is 3.94. The molecular weight excluding hydrogens is 238 g/mol. The standard InChI is InChI=1S/C14H15N5/c15-14(6-3-7-14)13-16-8-11(19-13)12-17-9-4-1-2-5-10(9)18-12/h1-2,4-5,8H,3,6-7,15H2,(H,16,19)(H,17,18). The Hall–Kier alpha value is -2.14. The van der Waals surface area contributed by atoms with Gasteiger partial charge in [0.1, 0.15) is 11.5 Å². The van der Waals surface area contributed by atoms with Gasteiger partial charge in [-0.2, -0.15) is 0 Å². The fraction of sp³-hybridized carbons (Fsp3) is 0.286. The second kappa shape index (κ2) is 3.68. The Bertz CT molecular complexity index is 702. The molecule has 2 heterocycles.